The molecule has 0 bridgehead atoms. The zero-order valence-electron chi connectivity index (χ0n) is 13.5. The van der Waals surface area contributed by atoms with Gasteiger partial charge < -0.3 is 0 Å². The molecule has 2 amide bonds. The lowest BCUT2D eigenvalue weighted by Gasteiger charge is -2.14. The Hall–Kier alpha value is -2.23. The van der Waals surface area contributed by atoms with Crippen LogP contribution in [0.25, 0.3) is 0 Å². The first-order valence-corrected chi connectivity index (χ1v) is 9.26. The van der Waals surface area contributed by atoms with Gasteiger partial charge >= 0.3 is 0 Å². The highest BCUT2D eigenvalue weighted by Crippen LogP contribution is 2.28. The highest BCUT2D eigenvalue weighted by atomic mass is 35.5. The zero-order chi connectivity index (χ0) is 18.4. The SMILES string of the molecule is Cc1n[nH]c(C)c1S(=O)(=O)NCCN1C(=O)c2cccc(Cl)c2C1=O. The van der Waals surface area contributed by atoms with Gasteiger partial charge in [-0.25, -0.2) is 13.1 Å². The Balaban J connectivity index is 1.73. The van der Waals surface area contributed by atoms with Gasteiger partial charge in [-0.1, -0.05) is 17.7 Å². The Morgan fingerprint density at radius 2 is 1.96 bits per heavy atom. The van der Waals surface area contributed by atoms with E-state index < -0.39 is 21.8 Å². The lowest BCUT2D eigenvalue weighted by atomic mass is 10.1. The summed E-state index contributed by atoms with van der Waals surface area (Å²) >= 11 is 5.98. The normalized spacial score (nSPS) is 14.3. The van der Waals surface area contributed by atoms with E-state index in [0.29, 0.717) is 11.4 Å². The van der Waals surface area contributed by atoms with Crippen molar-refractivity contribution < 1.29 is 18.0 Å². The molecule has 8 nitrogen and oxygen atoms in total. The van der Waals surface area contributed by atoms with E-state index in [2.05, 4.69) is 14.9 Å². The molecule has 0 saturated heterocycles. The van der Waals surface area contributed by atoms with Crippen LogP contribution >= 0.6 is 11.6 Å². The highest BCUT2D eigenvalue weighted by molar-refractivity contribution is 7.89. The Labute approximate surface area is 149 Å². The number of hydrogen-bond acceptors (Lipinski definition) is 5. The lowest BCUT2D eigenvalue weighted by molar-refractivity contribution is 0.0657. The van der Waals surface area contributed by atoms with Crippen LogP contribution in [-0.2, 0) is 10.0 Å². The molecule has 2 aromatic rings. The molecule has 25 heavy (non-hydrogen) atoms. The maximum atomic E-state index is 12.4. The van der Waals surface area contributed by atoms with Crippen LogP contribution in [0.5, 0.6) is 0 Å². The number of nitrogens with zero attached hydrogens (tertiary/aromatic N) is 2. The number of aryl methyl sites for hydroxylation is 2. The van der Waals surface area contributed by atoms with Gasteiger partial charge in [0.15, 0.2) is 0 Å². The number of fused-ring (bicyclic) bond motifs is 1. The summed E-state index contributed by atoms with van der Waals surface area (Å²) in [5.41, 5.74) is 1.13. The molecular weight excluding hydrogens is 368 g/mol. The monoisotopic (exact) mass is 382 g/mol. The summed E-state index contributed by atoms with van der Waals surface area (Å²) in [6.07, 6.45) is 0. The van der Waals surface area contributed by atoms with Crippen molar-refractivity contribution in [3.8, 4) is 0 Å². The fourth-order valence-corrected chi connectivity index (χ4v) is 4.44. The molecule has 2 N–H and O–H groups in total. The summed E-state index contributed by atoms with van der Waals surface area (Å²) in [6, 6.07) is 4.63. The predicted octanol–water partition coefficient (Wildman–Crippen LogP) is 1.25. The highest BCUT2D eigenvalue weighted by Gasteiger charge is 2.37. The van der Waals surface area contributed by atoms with Crippen molar-refractivity contribution in [3.05, 3.63) is 45.7 Å². The van der Waals surface area contributed by atoms with Gasteiger partial charge in [0, 0.05) is 13.1 Å². The van der Waals surface area contributed by atoms with E-state index in [1.165, 1.54) is 12.1 Å². The summed E-state index contributed by atoms with van der Waals surface area (Å²) in [4.78, 5) is 25.7. The van der Waals surface area contributed by atoms with E-state index in [0.717, 1.165) is 4.90 Å². The average molecular weight is 383 g/mol. The van der Waals surface area contributed by atoms with E-state index in [1.807, 2.05) is 0 Å². The third kappa shape index (κ3) is 2.94. The number of aromatic nitrogens is 2. The molecule has 0 saturated carbocycles. The van der Waals surface area contributed by atoms with Gasteiger partial charge in [0.2, 0.25) is 10.0 Å². The molecule has 0 unspecified atom stereocenters. The number of hydrogen-bond donors (Lipinski definition) is 2. The molecule has 132 valence electrons. The van der Waals surface area contributed by atoms with Crippen molar-refractivity contribution >= 4 is 33.4 Å². The number of rotatable bonds is 5. The minimum atomic E-state index is -3.80. The van der Waals surface area contributed by atoms with Crippen molar-refractivity contribution in [2.75, 3.05) is 13.1 Å². The van der Waals surface area contributed by atoms with E-state index in [4.69, 9.17) is 11.6 Å². The summed E-state index contributed by atoms with van der Waals surface area (Å²) in [5.74, 6) is -1.02. The Kier molecular flexibility index (Phi) is 4.40. The van der Waals surface area contributed by atoms with Gasteiger partial charge in [-0.3, -0.25) is 19.6 Å². The molecule has 0 atom stereocenters. The summed E-state index contributed by atoms with van der Waals surface area (Å²) in [7, 11) is -3.80. The molecule has 0 spiro atoms. The molecule has 0 fully saturated rings. The van der Waals surface area contributed by atoms with Crippen LogP contribution in [0.2, 0.25) is 5.02 Å². The van der Waals surface area contributed by atoms with Crippen molar-refractivity contribution in [1.82, 2.24) is 19.8 Å². The third-order valence-corrected chi connectivity index (χ3v) is 5.94. The minimum Gasteiger partial charge on any atom is -0.281 e. The topological polar surface area (TPSA) is 112 Å². The largest absolute Gasteiger partial charge is 0.281 e. The van der Waals surface area contributed by atoms with E-state index in [1.54, 1.807) is 19.9 Å². The molecule has 1 aromatic heterocycles. The molecule has 0 aliphatic carbocycles. The molecule has 0 radical (unpaired) electrons. The second kappa shape index (κ2) is 6.25. The zero-order valence-corrected chi connectivity index (χ0v) is 15.0. The molecule has 1 aliphatic rings. The molecule has 3 rings (SSSR count). The summed E-state index contributed by atoms with van der Waals surface area (Å²) < 4.78 is 27.1. The Morgan fingerprint density at radius 1 is 1.24 bits per heavy atom. The minimum absolute atomic E-state index is 0.0675. The molecule has 10 heteroatoms. The van der Waals surface area contributed by atoms with Gasteiger partial charge in [-0.2, -0.15) is 5.10 Å². The van der Waals surface area contributed by atoms with E-state index in [-0.39, 0.29) is 34.1 Å². The molecule has 1 aromatic carbocycles. The van der Waals surface area contributed by atoms with E-state index >= 15 is 0 Å². The number of halogens is 1. The molecular formula is C15H15ClN4O4S. The van der Waals surface area contributed by atoms with Crippen LogP contribution in [0.1, 0.15) is 32.1 Å². The van der Waals surface area contributed by atoms with Crippen molar-refractivity contribution in [1.29, 1.82) is 0 Å². The standard InChI is InChI=1S/C15H15ClN4O4S/c1-8-13(9(2)19-18-8)25(23,24)17-6-7-20-14(21)10-4-3-5-11(16)12(10)15(20)22/h3-5,17H,6-7H2,1-2H3,(H,18,19). The maximum Gasteiger partial charge on any atom is 0.263 e. The number of carbonyl (C=O) groups is 2. The quantitative estimate of drug-likeness (QED) is 0.756. The van der Waals surface area contributed by atoms with E-state index in [9.17, 15) is 18.0 Å². The number of sulfonamides is 1. The number of aromatic amines is 1. The van der Waals surface area contributed by atoms with Crippen LogP contribution in [0.4, 0.5) is 0 Å². The third-order valence-electron chi connectivity index (χ3n) is 3.90. The van der Waals surface area contributed by atoms with Crippen LogP contribution in [0.3, 0.4) is 0 Å². The van der Waals surface area contributed by atoms with Crippen molar-refractivity contribution in [2.24, 2.45) is 0 Å². The first kappa shape index (κ1) is 17.6. The van der Waals surface area contributed by atoms with Gasteiger partial charge in [0.05, 0.1) is 27.5 Å². The molecule has 2 heterocycles. The average Bonchev–Trinajstić information content (AvgIpc) is 3.00. The number of imide groups is 1. The first-order valence-electron chi connectivity index (χ1n) is 7.40. The van der Waals surface area contributed by atoms with Crippen LogP contribution in [0, 0.1) is 13.8 Å². The Bertz CT molecular complexity index is 964. The first-order chi connectivity index (χ1) is 11.7. The van der Waals surface area contributed by atoms with Gasteiger partial charge in [0.1, 0.15) is 4.90 Å². The summed E-state index contributed by atoms with van der Waals surface area (Å²) in [6.45, 7) is 2.96. The predicted molar refractivity (Wildman–Crippen MR) is 90.1 cm³/mol. The smallest absolute Gasteiger partial charge is 0.263 e. The number of amides is 2. The van der Waals surface area contributed by atoms with Crippen LogP contribution in [0.15, 0.2) is 23.1 Å². The van der Waals surface area contributed by atoms with Crippen molar-refractivity contribution in [3.63, 3.8) is 0 Å². The summed E-state index contributed by atoms with van der Waals surface area (Å²) in [5, 5.41) is 6.65. The fourth-order valence-electron chi connectivity index (χ4n) is 2.80. The number of benzene rings is 1. The van der Waals surface area contributed by atoms with Gasteiger partial charge in [-0.05, 0) is 26.0 Å². The number of nitrogens with one attached hydrogen (secondary N) is 2. The van der Waals surface area contributed by atoms with Gasteiger partial charge in [-0.15, -0.1) is 0 Å². The lowest BCUT2D eigenvalue weighted by Crippen LogP contribution is -2.38. The maximum absolute atomic E-state index is 12.4. The number of H-pyrrole nitrogens is 1. The second-order valence-corrected chi connectivity index (χ2v) is 7.70. The fraction of sp³-hybridized carbons (Fsp3) is 0.267. The number of carbonyl (C=O) groups excluding carboxylic acids is 2. The van der Waals surface area contributed by atoms with Crippen molar-refractivity contribution in [2.45, 2.75) is 18.7 Å². The van der Waals surface area contributed by atoms with Crippen LogP contribution in [-0.4, -0.2) is 48.4 Å². The second-order valence-electron chi connectivity index (χ2n) is 5.59. The van der Waals surface area contributed by atoms with Gasteiger partial charge in [0.25, 0.3) is 11.8 Å². The van der Waals surface area contributed by atoms with Crippen LogP contribution < -0.4 is 4.72 Å². The molecule has 1 aliphatic heterocycles. The Morgan fingerprint density at radius 3 is 2.56 bits per heavy atom.